The third-order valence-corrected chi connectivity index (χ3v) is 3.03. The number of benzene rings is 2. The zero-order valence-electron chi connectivity index (χ0n) is 11.2. The molecule has 0 fully saturated rings. The maximum absolute atomic E-state index is 11.8. The van der Waals surface area contributed by atoms with Gasteiger partial charge in [0.1, 0.15) is 0 Å². The van der Waals surface area contributed by atoms with Gasteiger partial charge in [0.2, 0.25) is 0 Å². The predicted octanol–water partition coefficient (Wildman–Crippen LogP) is 3.00. The van der Waals surface area contributed by atoms with E-state index in [0.717, 1.165) is 16.5 Å². The van der Waals surface area contributed by atoms with Crippen molar-refractivity contribution in [1.29, 1.82) is 0 Å². The molecule has 1 aromatic heterocycles. The Balaban J connectivity index is 1.71. The number of para-hydroxylation sites is 1. The van der Waals surface area contributed by atoms with Gasteiger partial charge >= 0.3 is 0 Å². The van der Waals surface area contributed by atoms with E-state index >= 15 is 0 Å². The molecule has 0 saturated heterocycles. The summed E-state index contributed by atoms with van der Waals surface area (Å²) in [5.74, 6) is -0.236. The summed E-state index contributed by atoms with van der Waals surface area (Å²) in [7, 11) is 0. The van der Waals surface area contributed by atoms with Crippen LogP contribution in [-0.2, 0) is 0 Å². The van der Waals surface area contributed by atoms with Crippen LogP contribution in [-0.4, -0.2) is 17.1 Å². The molecular formula is C17H13N3O. The topological polar surface area (TPSA) is 54.4 Å². The molecule has 102 valence electrons. The summed E-state index contributed by atoms with van der Waals surface area (Å²) in [4.78, 5) is 16.1. The van der Waals surface area contributed by atoms with E-state index in [2.05, 4.69) is 15.5 Å². The molecule has 0 radical (unpaired) electrons. The van der Waals surface area contributed by atoms with Gasteiger partial charge in [-0.25, -0.2) is 5.43 Å². The lowest BCUT2D eigenvalue weighted by atomic mass is 10.2. The number of hydrogen-bond acceptors (Lipinski definition) is 3. The lowest BCUT2D eigenvalue weighted by Gasteiger charge is -2.00. The second-order valence-electron chi connectivity index (χ2n) is 4.53. The van der Waals surface area contributed by atoms with Crippen molar-refractivity contribution in [3.63, 3.8) is 0 Å². The van der Waals surface area contributed by atoms with Gasteiger partial charge in [0.05, 0.1) is 11.7 Å². The van der Waals surface area contributed by atoms with Crippen LogP contribution in [0.25, 0.3) is 10.9 Å². The SMILES string of the molecule is O=C(NN=Cc1cnc2ccccc2c1)c1ccccc1. The first-order valence-corrected chi connectivity index (χ1v) is 6.56. The third kappa shape index (κ3) is 3.12. The molecule has 0 spiro atoms. The van der Waals surface area contributed by atoms with Gasteiger partial charge in [-0.3, -0.25) is 9.78 Å². The average Bonchev–Trinajstić information content (AvgIpc) is 2.55. The number of nitrogens with one attached hydrogen (secondary N) is 1. The average molecular weight is 275 g/mol. The van der Waals surface area contributed by atoms with E-state index in [1.807, 2.05) is 48.5 Å². The minimum atomic E-state index is -0.236. The molecule has 0 aliphatic heterocycles. The van der Waals surface area contributed by atoms with Crippen LogP contribution in [0.3, 0.4) is 0 Å². The highest BCUT2D eigenvalue weighted by molar-refractivity contribution is 5.95. The molecule has 0 bridgehead atoms. The van der Waals surface area contributed by atoms with Crippen LogP contribution in [0.4, 0.5) is 0 Å². The highest BCUT2D eigenvalue weighted by Crippen LogP contribution is 2.11. The number of amides is 1. The number of hydrazone groups is 1. The van der Waals surface area contributed by atoms with Crippen LogP contribution in [0, 0.1) is 0 Å². The molecule has 0 aliphatic rings. The molecule has 0 atom stereocenters. The Labute approximate surface area is 122 Å². The molecule has 3 rings (SSSR count). The minimum Gasteiger partial charge on any atom is -0.267 e. The van der Waals surface area contributed by atoms with E-state index in [0.29, 0.717) is 5.56 Å². The van der Waals surface area contributed by atoms with Gasteiger partial charge in [-0.2, -0.15) is 5.10 Å². The number of carbonyl (C=O) groups is 1. The van der Waals surface area contributed by atoms with Gasteiger partial charge < -0.3 is 0 Å². The number of fused-ring (bicyclic) bond motifs is 1. The van der Waals surface area contributed by atoms with Gasteiger partial charge in [-0.1, -0.05) is 36.4 Å². The molecule has 2 aromatic carbocycles. The first-order chi connectivity index (χ1) is 10.3. The van der Waals surface area contributed by atoms with Crippen LogP contribution in [0.1, 0.15) is 15.9 Å². The van der Waals surface area contributed by atoms with Crippen molar-refractivity contribution < 1.29 is 4.79 Å². The number of pyridine rings is 1. The largest absolute Gasteiger partial charge is 0.271 e. The second kappa shape index (κ2) is 5.96. The first-order valence-electron chi connectivity index (χ1n) is 6.56. The zero-order chi connectivity index (χ0) is 14.5. The van der Waals surface area contributed by atoms with Gasteiger partial charge in [0.15, 0.2) is 0 Å². The van der Waals surface area contributed by atoms with Crippen molar-refractivity contribution in [3.8, 4) is 0 Å². The first kappa shape index (κ1) is 13.0. The fraction of sp³-hybridized carbons (Fsp3) is 0. The van der Waals surface area contributed by atoms with Gasteiger partial charge in [-0.15, -0.1) is 0 Å². The Morgan fingerprint density at radius 2 is 1.81 bits per heavy atom. The third-order valence-electron chi connectivity index (χ3n) is 3.03. The molecule has 4 nitrogen and oxygen atoms in total. The maximum atomic E-state index is 11.8. The van der Waals surface area contributed by atoms with Crippen molar-refractivity contribution in [2.45, 2.75) is 0 Å². The van der Waals surface area contributed by atoms with Crippen molar-refractivity contribution in [3.05, 3.63) is 78.0 Å². The molecular weight excluding hydrogens is 262 g/mol. The molecule has 1 N–H and O–H groups in total. The van der Waals surface area contributed by atoms with Gasteiger partial charge in [0, 0.05) is 22.7 Å². The summed E-state index contributed by atoms with van der Waals surface area (Å²) in [5, 5.41) is 5.00. The van der Waals surface area contributed by atoms with Crippen molar-refractivity contribution in [2.24, 2.45) is 5.10 Å². The van der Waals surface area contributed by atoms with Crippen LogP contribution in [0.2, 0.25) is 0 Å². The highest BCUT2D eigenvalue weighted by atomic mass is 16.2. The minimum absolute atomic E-state index is 0.236. The Kier molecular flexibility index (Phi) is 3.69. The molecule has 1 heterocycles. The van der Waals surface area contributed by atoms with Crippen LogP contribution < -0.4 is 5.43 Å². The van der Waals surface area contributed by atoms with E-state index in [1.54, 1.807) is 24.5 Å². The Morgan fingerprint density at radius 1 is 1.05 bits per heavy atom. The van der Waals surface area contributed by atoms with E-state index in [4.69, 9.17) is 0 Å². The number of carbonyl (C=O) groups excluding carboxylic acids is 1. The zero-order valence-corrected chi connectivity index (χ0v) is 11.2. The summed E-state index contributed by atoms with van der Waals surface area (Å²) in [6, 6.07) is 18.8. The van der Waals surface area contributed by atoms with Gasteiger partial charge in [0.25, 0.3) is 5.91 Å². The van der Waals surface area contributed by atoms with E-state index in [-0.39, 0.29) is 5.91 Å². The predicted molar refractivity (Wildman–Crippen MR) is 83.2 cm³/mol. The number of rotatable bonds is 3. The second-order valence-corrected chi connectivity index (χ2v) is 4.53. The molecule has 3 aromatic rings. The molecule has 0 aliphatic carbocycles. The van der Waals surface area contributed by atoms with E-state index in [1.165, 1.54) is 0 Å². The van der Waals surface area contributed by atoms with Crippen LogP contribution >= 0.6 is 0 Å². The van der Waals surface area contributed by atoms with Crippen molar-refractivity contribution in [2.75, 3.05) is 0 Å². The molecule has 0 unspecified atom stereocenters. The quantitative estimate of drug-likeness (QED) is 0.590. The standard InChI is InChI=1S/C17H13N3O/c21-17(14-6-2-1-3-7-14)20-19-12-13-10-15-8-4-5-9-16(15)18-11-13/h1-12H,(H,20,21). The number of nitrogens with zero attached hydrogens (tertiary/aromatic N) is 2. The monoisotopic (exact) mass is 275 g/mol. The number of aromatic nitrogens is 1. The normalized spacial score (nSPS) is 10.9. The fourth-order valence-electron chi connectivity index (χ4n) is 1.98. The number of hydrogen-bond donors (Lipinski definition) is 1. The van der Waals surface area contributed by atoms with Crippen molar-refractivity contribution >= 4 is 23.0 Å². The van der Waals surface area contributed by atoms with Gasteiger partial charge in [-0.05, 0) is 24.3 Å². The summed E-state index contributed by atoms with van der Waals surface area (Å²) in [5.41, 5.74) is 4.84. The van der Waals surface area contributed by atoms with Crippen LogP contribution in [0.5, 0.6) is 0 Å². The molecule has 0 saturated carbocycles. The molecule has 4 heteroatoms. The fourth-order valence-corrected chi connectivity index (χ4v) is 1.98. The van der Waals surface area contributed by atoms with E-state index < -0.39 is 0 Å². The lowest BCUT2D eigenvalue weighted by molar-refractivity contribution is 0.0955. The van der Waals surface area contributed by atoms with Crippen molar-refractivity contribution in [1.82, 2.24) is 10.4 Å². The Bertz CT molecular complexity index is 797. The summed E-state index contributed by atoms with van der Waals surface area (Å²) >= 11 is 0. The lowest BCUT2D eigenvalue weighted by Crippen LogP contribution is -2.17. The van der Waals surface area contributed by atoms with E-state index in [9.17, 15) is 4.79 Å². The maximum Gasteiger partial charge on any atom is 0.271 e. The summed E-state index contributed by atoms with van der Waals surface area (Å²) in [6.07, 6.45) is 3.31. The molecule has 21 heavy (non-hydrogen) atoms. The summed E-state index contributed by atoms with van der Waals surface area (Å²) < 4.78 is 0. The highest BCUT2D eigenvalue weighted by Gasteiger charge is 2.01. The Morgan fingerprint density at radius 3 is 2.67 bits per heavy atom. The summed E-state index contributed by atoms with van der Waals surface area (Å²) in [6.45, 7) is 0. The van der Waals surface area contributed by atoms with Crippen LogP contribution in [0.15, 0.2) is 72.0 Å². The molecule has 1 amide bonds. The Hall–Kier alpha value is -3.01. The smallest absolute Gasteiger partial charge is 0.267 e.